The Labute approximate surface area is 360 Å². The molecule has 6 aromatic rings. The number of esters is 3. The van der Waals surface area contributed by atoms with Crippen LogP contribution in [0.1, 0.15) is 40.3 Å². The monoisotopic (exact) mass is 813 g/mol. The fourth-order valence-corrected chi connectivity index (χ4v) is 6.59. The van der Waals surface area contributed by atoms with Crippen LogP contribution in [0.4, 0.5) is 0 Å². The Bertz CT molecular complexity index is 2610. The predicted molar refractivity (Wildman–Crippen MR) is 237 cm³/mol. The van der Waals surface area contributed by atoms with Crippen LogP contribution >= 0.6 is 0 Å². The summed E-state index contributed by atoms with van der Waals surface area (Å²) in [7, 11) is 0. The molecule has 0 aliphatic heterocycles. The molecule has 0 N–H and O–H groups in total. The molecule has 0 unspecified atom stereocenters. The Morgan fingerprint density at radius 3 is 1.29 bits per heavy atom. The molecule has 0 aliphatic rings. The highest BCUT2D eigenvalue weighted by Gasteiger charge is 2.32. The van der Waals surface area contributed by atoms with Gasteiger partial charge in [-0.3, -0.25) is 0 Å². The average molecular weight is 814 g/mol. The number of benzene rings is 6. The molecule has 0 saturated carbocycles. The number of carbonyl (C=O) groups excluding carboxylic acids is 3. The van der Waals surface area contributed by atoms with Gasteiger partial charge in [-0.1, -0.05) is 158 Å². The normalized spacial score (nSPS) is 11.6. The molecule has 0 heterocycles. The SMILES string of the molecule is CC(COC(=O)C=Cc1cccc(-c2ccccc2)c1C#N)(COC(=O)C=Cc1cccc(-c2ccccc2)c1C#N)COC(=O)C(C#N)=C(c1ccccc1)c1ccccc1. The fraction of sp³-hybridized carbons (Fsp3) is 0.0943. The highest BCUT2D eigenvalue weighted by atomic mass is 16.6. The van der Waals surface area contributed by atoms with Crippen LogP contribution in [-0.4, -0.2) is 37.7 Å². The first kappa shape index (κ1) is 43.0. The summed E-state index contributed by atoms with van der Waals surface area (Å²) >= 11 is 0. The number of carbonyl (C=O) groups is 3. The van der Waals surface area contributed by atoms with E-state index in [1.807, 2.05) is 91.0 Å². The van der Waals surface area contributed by atoms with E-state index in [9.17, 15) is 30.2 Å². The van der Waals surface area contributed by atoms with Crippen molar-refractivity contribution in [2.24, 2.45) is 5.41 Å². The fourth-order valence-electron chi connectivity index (χ4n) is 6.59. The predicted octanol–water partition coefficient (Wildman–Crippen LogP) is 10.2. The van der Waals surface area contributed by atoms with E-state index in [1.54, 1.807) is 79.7 Å². The van der Waals surface area contributed by atoms with Gasteiger partial charge in [0, 0.05) is 28.9 Å². The Kier molecular flexibility index (Phi) is 14.5. The second-order valence-corrected chi connectivity index (χ2v) is 14.4. The molecule has 9 heteroatoms. The molecule has 6 rings (SSSR count). The highest BCUT2D eigenvalue weighted by Crippen LogP contribution is 2.30. The first-order chi connectivity index (χ1) is 30.2. The molecule has 62 heavy (non-hydrogen) atoms. The van der Waals surface area contributed by atoms with Gasteiger partial charge in [0.05, 0.1) is 16.5 Å². The van der Waals surface area contributed by atoms with Crippen molar-refractivity contribution in [3.63, 3.8) is 0 Å². The van der Waals surface area contributed by atoms with Gasteiger partial charge >= 0.3 is 17.9 Å². The van der Waals surface area contributed by atoms with Crippen molar-refractivity contribution in [3.05, 3.63) is 209 Å². The van der Waals surface area contributed by atoms with Crippen LogP contribution < -0.4 is 0 Å². The molecule has 0 aromatic heterocycles. The molecule has 0 fully saturated rings. The van der Waals surface area contributed by atoms with E-state index in [0.29, 0.717) is 50.1 Å². The van der Waals surface area contributed by atoms with Gasteiger partial charge in [-0.15, -0.1) is 0 Å². The maximum Gasteiger partial charge on any atom is 0.349 e. The number of ether oxygens (including phenoxy) is 3. The van der Waals surface area contributed by atoms with E-state index >= 15 is 0 Å². The summed E-state index contributed by atoms with van der Waals surface area (Å²) in [6, 6.07) is 53.9. The van der Waals surface area contributed by atoms with E-state index in [2.05, 4.69) is 12.1 Å². The zero-order valence-electron chi connectivity index (χ0n) is 33.7. The van der Waals surface area contributed by atoms with Gasteiger partial charge in [-0.05, 0) is 52.5 Å². The third-order valence-corrected chi connectivity index (χ3v) is 9.75. The molecule has 0 bridgehead atoms. The zero-order chi connectivity index (χ0) is 43.7. The third kappa shape index (κ3) is 10.9. The summed E-state index contributed by atoms with van der Waals surface area (Å²) in [4.78, 5) is 40.2. The standard InChI is InChI=1S/C53H39N3O6/c1-53(35-60-49(57)30-28-40-24-14-26-44(46(40)32-54)38-16-6-2-7-17-38,36-61-50(58)31-29-41-25-15-27-45(47(41)33-55)39-18-8-3-9-19-39)37-62-52(59)48(34-56)51(42-20-10-4-11-21-42)43-22-12-5-13-23-43/h2-31H,35-37H2,1H3. The van der Waals surface area contributed by atoms with E-state index in [-0.39, 0.29) is 18.8 Å². The van der Waals surface area contributed by atoms with Crippen molar-refractivity contribution in [3.8, 4) is 40.5 Å². The number of rotatable bonds is 15. The molecule has 9 nitrogen and oxygen atoms in total. The highest BCUT2D eigenvalue weighted by molar-refractivity contribution is 6.05. The molecule has 302 valence electrons. The Hall–Kier alpha value is -8.58. The Morgan fingerprint density at radius 2 is 0.903 bits per heavy atom. The van der Waals surface area contributed by atoms with E-state index in [1.165, 1.54) is 24.3 Å². The maximum absolute atomic E-state index is 13.8. The smallest absolute Gasteiger partial charge is 0.349 e. The lowest BCUT2D eigenvalue weighted by atomic mass is 9.92. The van der Waals surface area contributed by atoms with Crippen molar-refractivity contribution in [2.75, 3.05) is 19.8 Å². The Balaban J connectivity index is 1.23. The maximum atomic E-state index is 13.8. The van der Waals surface area contributed by atoms with Crippen molar-refractivity contribution < 1.29 is 28.6 Å². The number of hydrogen-bond donors (Lipinski definition) is 0. The second-order valence-electron chi connectivity index (χ2n) is 14.4. The summed E-state index contributed by atoms with van der Waals surface area (Å²) in [6.45, 7) is 0.442. The summed E-state index contributed by atoms with van der Waals surface area (Å²) in [5, 5.41) is 30.4. The lowest BCUT2D eigenvalue weighted by molar-refractivity contribution is -0.154. The number of nitrogens with zero attached hydrogens (tertiary/aromatic N) is 3. The summed E-state index contributed by atoms with van der Waals surface area (Å²) < 4.78 is 17.1. The van der Waals surface area contributed by atoms with Crippen LogP contribution in [0, 0.1) is 39.4 Å². The largest absolute Gasteiger partial charge is 0.462 e. The first-order valence-corrected chi connectivity index (χ1v) is 19.5. The second kappa shape index (κ2) is 20.9. The van der Waals surface area contributed by atoms with Gasteiger partial charge < -0.3 is 14.2 Å². The van der Waals surface area contributed by atoms with Gasteiger partial charge in [-0.25, -0.2) is 14.4 Å². The number of hydrogen-bond acceptors (Lipinski definition) is 9. The Morgan fingerprint density at radius 1 is 0.516 bits per heavy atom. The van der Waals surface area contributed by atoms with Crippen molar-refractivity contribution in [1.29, 1.82) is 15.8 Å². The molecular weight excluding hydrogens is 775 g/mol. The topological polar surface area (TPSA) is 150 Å². The van der Waals surface area contributed by atoms with Gasteiger partial charge in [0.2, 0.25) is 0 Å². The lowest BCUT2D eigenvalue weighted by Crippen LogP contribution is -2.36. The average Bonchev–Trinajstić information content (AvgIpc) is 3.33. The molecule has 6 aromatic carbocycles. The molecule has 0 atom stereocenters. The minimum absolute atomic E-state index is 0.248. The summed E-state index contributed by atoms with van der Waals surface area (Å²) in [5.74, 6) is -2.46. The molecule has 0 aliphatic carbocycles. The van der Waals surface area contributed by atoms with Gasteiger partial charge in [0.1, 0.15) is 43.6 Å². The van der Waals surface area contributed by atoms with E-state index in [4.69, 9.17) is 14.2 Å². The summed E-state index contributed by atoms with van der Waals surface area (Å²) in [6.07, 6.45) is 5.34. The third-order valence-electron chi connectivity index (χ3n) is 9.75. The molecule has 0 amide bonds. The molecular formula is C53H39N3O6. The van der Waals surface area contributed by atoms with E-state index < -0.39 is 29.9 Å². The van der Waals surface area contributed by atoms with Gasteiger partial charge in [0.25, 0.3) is 0 Å². The minimum Gasteiger partial charge on any atom is -0.462 e. The van der Waals surface area contributed by atoms with Gasteiger partial charge in [0.15, 0.2) is 0 Å². The van der Waals surface area contributed by atoms with Crippen molar-refractivity contribution >= 4 is 35.6 Å². The molecule has 0 spiro atoms. The van der Waals surface area contributed by atoms with E-state index in [0.717, 1.165) is 11.1 Å². The zero-order valence-corrected chi connectivity index (χ0v) is 33.7. The van der Waals surface area contributed by atoms with Crippen LogP contribution in [0.3, 0.4) is 0 Å². The van der Waals surface area contributed by atoms with Crippen LogP contribution in [-0.2, 0) is 28.6 Å². The van der Waals surface area contributed by atoms with Crippen molar-refractivity contribution in [1.82, 2.24) is 0 Å². The summed E-state index contributed by atoms with van der Waals surface area (Å²) in [5.41, 5.74) is 4.91. The first-order valence-electron chi connectivity index (χ1n) is 19.5. The minimum atomic E-state index is -1.31. The molecule has 0 radical (unpaired) electrons. The quantitative estimate of drug-likeness (QED) is 0.0427. The van der Waals surface area contributed by atoms with Crippen molar-refractivity contribution in [2.45, 2.75) is 6.92 Å². The van der Waals surface area contributed by atoms with Crippen LogP contribution in [0.15, 0.2) is 175 Å². The van der Waals surface area contributed by atoms with Gasteiger partial charge in [-0.2, -0.15) is 15.8 Å². The number of nitriles is 3. The van der Waals surface area contributed by atoms with Crippen LogP contribution in [0.2, 0.25) is 0 Å². The lowest BCUT2D eigenvalue weighted by Gasteiger charge is -2.27. The van der Waals surface area contributed by atoms with Crippen LogP contribution in [0.5, 0.6) is 0 Å². The molecule has 0 saturated heterocycles. The van der Waals surface area contributed by atoms with Crippen LogP contribution in [0.25, 0.3) is 40.0 Å².